The summed E-state index contributed by atoms with van der Waals surface area (Å²) < 4.78 is 5.45. The molecule has 1 fully saturated rings. The van der Waals surface area contributed by atoms with Crippen LogP contribution in [0.3, 0.4) is 0 Å². The van der Waals surface area contributed by atoms with Gasteiger partial charge in [0.05, 0.1) is 0 Å². The molecule has 1 atom stereocenters. The molecular formula is C23H36ClN5O. The molecule has 0 amide bonds. The standard InChI is InChI=1S/C23H35N5O.ClH/c1-2-3-4-5-6-7-9-18-11-13-19(14-12-18)22-26-21(29-27-22)16-15-20-10-8-17-28(20)23(24)25;/h11-14,20H,2-10,15-17H2,1H3,(H3,24,25);1H/t20-;/m0./s1. The molecule has 0 aliphatic carbocycles. The Morgan fingerprint density at radius 3 is 2.60 bits per heavy atom. The molecule has 2 heterocycles. The largest absolute Gasteiger partial charge is 0.370 e. The zero-order valence-corrected chi connectivity index (χ0v) is 18.9. The molecule has 0 bridgehead atoms. The summed E-state index contributed by atoms with van der Waals surface area (Å²) in [5, 5.41) is 11.8. The third-order valence-corrected chi connectivity index (χ3v) is 5.88. The monoisotopic (exact) mass is 433 g/mol. The van der Waals surface area contributed by atoms with Crippen LogP contribution in [-0.4, -0.2) is 33.6 Å². The number of hydrogen-bond acceptors (Lipinski definition) is 4. The molecule has 0 unspecified atom stereocenters. The van der Waals surface area contributed by atoms with E-state index in [0.29, 0.717) is 17.8 Å². The quantitative estimate of drug-likeness (QED) is 0.283. The Morgan fingerprint density at radius 1 is 1.13 bits per heavy atom. The molecule has 2 aromatic rings. The van der Waals surface area contributed by atoms with Crippen LogP contribution in [0.4, 0.5) is 0 Å². The number of nitrogens with two attached hydrogens (primary N) is 1. The average molecular weight is 434 g/mol. The minimum Gasteiger partial charge on any atom is -0.370 e. The van der Waals surface area contributed by atoms with Gasteiger partial charge in [-0.05, 0) is 37.7 Å². The van der Waals surface area contributed by atoms with Gasteiger partial charge in [-0.25, -0.2) is 0 Å². The number of nitrogens with zero attached hydrogens (tertiary/aromatic N) is 3. The molecule has 3 rings (SSSR count). The first-order chi connectivity index (χ1) is 14.2. The summed E-state index contributed by atoms with van der Waals surface area (Å²) in [6.45, 7) is 3.13. The van der Waals surface area contributed by atoms with Crippen molar-refractivity contribution in [3.05, 3.63) is 35.7 Å². The van der Waals surface area contributed by atoms with Gasteiger partial charge < -0.3 is 15.2 Å². The fourth-order valence-corrected chi connectivity index (χ4v) is 4.15. The van der Waals surface area contributed by atoms with Gasteiger partial charge in [0, 0.05) is 24.6 Å². The maximum Gasteiger partial charge on any atom is 0.227 e. The zero-order valence-electron chi connectivity index (χ0n) is 18.1. The van der Waals surface area contributed by atoms with E-state index in [1.807, 2.05) is 4.90 Å². The summed E-state index contributed by atoms with van der Waals surface area (Å²) in [6, 6.07) is 8.86. The predicted octanol–water partition coefficient (Wildman–Crippen LogP) is 5.35. The Bertz CT molecular complexity index is 761. The SMILES string of the molecule is CCCCCCCCc1ccc(-c2noc(CC[C@@H]3CCCN3C(=N)N)n2)cc1.Cl. The second kappa shape index (κ2) is 12.6. The number of hydrogen-bond donors (Lipinski definition) is 2. The van der Waals surface area contributed by atoms with Crippen molar-refractivity contribution in [3.8, 4) is 11.4 Å². The maximum absolute atomic E-state index is 7.67. The molecule has 166 valence electrons. The van der Waals surface area contributed by atoms with Crippen LogP contribution >= 0.6 is 12.4 Å². The highest BCUT2D eigenvalue weighted by Gasteiger charge is 2.25. The summed E-state index contributed by atoms with van der Waals surface area (Å²) in [5.74, 6) is 1.48. The van der Waals surface area contributed by atoms with Crippen LogP contribution in [0.2, 0.25) is 0 Å². The van der Waals surface area contributed by atoms with Crippen LogP contribution in [0.5, 0.6) is 0 Å². The molecule has 0 saturated carbocycles. The number of likely N-dealkylation sites (tertiary alicyclic amines) is 1. The maximum atomic E-state index is 7.67. The Kier molecular flexibility index (Phi) is 10.1. The third-order valence-electron chi connectivity index (χ3n) is 5.88. The highest BCUT2D eigenvalue weighted by atomic mass is 35.5. The van der Waals surface area contributed by atoms with E-state index >= 15 is 0 Å². The first-order valence-electron chi connectivity index (χ1n) is 11.2. The molecule has 1 saturated heterocycles. The number of halogens is 1. The van der Waals surface area contributed by atoms with Crippen molar-refractivity contribution in [1.29, 1.82) is 5.41 Å². The Hall–Kier alpha value is -2.08. The molecule has 0 spiro atoms. The van der Waals surface area contributed by atoms with Gasteiger partial charge in [0.2, 0.25) is 11.7 Å². The molecule has 3 N–H and O–H groups in total. The lowest BCUT2D eigenvalue weighted by molar-refractivity contribution is 0.331. The van der Waals surface area contributed by atoms with Gasteiger partial charge in [0.1, 0.15) is 0 Å². The molecule has 0 radical (unpaired) electrons. The summed E-state index contributed by atoms with van der Waals surface area (Å²) in [4.78, 5) is 6.54. The van der Waals surface area contributed by atoms with Gasteiger partial charge in [0.25, 0.3) is 0 Å². The second-order valence-electron chi connectivity index (χ2n) is 8.14. The first kappa shape index (κ1) is 24.2. The number of nitrogens with one attached hydrogen (secondary N) is 1. The highest BCUT2D eigenvalue weighted by Crippen LogP contribution is 2.22. The normalized spacial score (nSPS) is 15.9. The fourth-order valence-electron chi connectivity index (χ4n) is 4.15. The van der Waals surface area contributed by atoms with Gasteiger partial charge in [-0.3, -0.25) is 5.41 Å². The van der Waals surface area contributed by atoms with Crippen molar-refractivity contribution in [3.63, 3.8) is 0 Å². The molecule has 6 nitrogen and oxygen atoms in total. The van der Waals surface area contributed by atoms with Crippen molar-refractivity contribution < 1.29 is 4.52 Å². The Morgan fingerprint density at radius 2 is 1.87 bits per heavy atom. The van der Waals surface area contributed by atoms with Crippen molar-refractivity contribution in [2.75, 3.05) is 6.54 Å². The van der Waals surface area contributed by atoms with Gasteiger partial charge in [-0.2, -0.15) is 4.98 Å². The van der Waals surface area contributed by atoms with Crippen LogP contribution in [0.15, 0.2) is 28.8 Å². The third kappa shape index (κ3) is 7.01. The van der Waals surface area contributed by atoms with E-state index in [2.05, 4.69) is 41.3 Å². The molecule has 1 aromatic carbocycles. The minimum atomic E-state index is 0. The molecule has 7 heteroatoms. The van der Waals surface area contributed by atoms with E-state index in [-0.39, 0.29) is 18.4 Å². The average Bonchev–Trinajstić information content (AvgIpc) is 3.39. The number of aryl methyl sites for hydroxylation is 2. The number of benzene rings is 1. The molecule has 30 heavy (non-hydrogen) atoms. The lowest BCUT2D eigenvalue weighted by atomic mass is 10.0. The Balaban J connectivity index is 0.00000320. The van der Waals surface area contributed by atoms with E-state index in [0.717, 1.165) is 44.2 Å². The molecule has 1 aromatic heterocycles. The zero-order chi connectivity index (χ0) is 20.5. The lowest BCUT2D eigenvalue weighted by Gasteiger charge is -2.23. The van der Waals surface area contributed by atoms with Crippen LogP contribution in [0.1, 0.15) is 76.2 Å². The minimum absolute atomic E-state index is 0. The summed E-state index contributed by atoms with van der Waals surface area (Å²) in [5.41, 5.74) is 8.04. The Labute approximate surface area is 186 Å². The van der Waals surface area contributed by atoms with E-state index in [1.165, 1.54) is 44.1 Å². The van der Waals surface area contributed by atoms with E-state index in [4.69, 9.17) is 15.7 Å². The van der Waals surface area contributed by atoms with Crippen molar-refractivity contribution in [2.45, 2.75) is 83.6 Å². The summed E-state index contributed by atoms with van der Waals surface area (Å²) in [7, 11) is 0. The number of aromatic nitrogens is 2. The van der Waals surface area contributed by atoms with Gasteiger partial charge in [-0.15, -0.1) is 12.4 Å². The molecule has 1 aliphatic rings. The topological polar surface area (TPSA) is 92.0 Å². The van der Waals surface area contributed by atoms with Gasteiger partial charge >= 0.3 is 0 Å². The van der Waals surface area contributed by atoms with E-state index < -0.39 is 0 Å². The van der Waals surface area contributed by atoms with Crippen molar-refractivity contribution in [2.24, 2.45) is 5.73 Å². The van der Waals surface area contributed by atoms with Crippen LogP contribution in [-0.2, 0) is 12.8 Å². The number of rotatable bonds is 11. The molecular weight excluding hydrogens is 398 g/mol. The number of guanidine groups is 1. The van der Waals surface area contributed by atoms with Crippen molar-refractivity contribution in [1.82, 2.24) is 15.0 Å². The van der Waals surface area contributed by atoms with E-state index in [1.54, 1.807) is 0 Å². The number of unbranched alkanes of at least 4 members (excludes halogenated alkanes) is 5. The first-order valence-corrected chi connectivity index (χ1v) is 11.2. The van der Waals surface area contributed by atoms with Crippen LogP contribution in [0.25, 0.3) is 11.4 Å². The smallest absolute Gasteiger partial charge is 0.227 e. The second-order valence-corrected chi connectivity index (χ2v) is 8.14. The summed E-state index contributed by atoms with van der Waals surface area (Å²) in [6.07, 6.45) is 12.9. The summed E-state index contributed by atoms with van der Waals surface area (Å²) >= 11 is 0. The van der Waals surface area contributed by atoms with Crippen molar-refractivity contribution >= 4 is 18.4 Å². The highest BCUT2D eigenvalue weighted by molar-refractivity contribution is 5.85. The van der Waals surface area contributed by atoms with Crippen LogP contribution in [0, 0.1) is 5.41 Å². The fraction of sp³-hybridized carbons (Fsp3) is 0.609. The van der Waals surface area contributed by atoms with Gasteiger partial charge in [-0.1, -0.05) is 68.4 Å². The lowest BCUT2D eigenvalue weighted by Crippen LogP contribution is -2.40. The van der Waals surface area contributed by atoms with Gasteiger partial charge in [0.15, 0.2) is 5.96 Å². The molecule has 1 aliphatic heterocycles. The van der Waals surface area contributed by atoms with E-state index in [9.17, 15) is 0 Å². The predicted molar refractivity (Wildman–Crippen MR) is 124 cm³/mol. The van der Waals surface area contributed by atoms with Crippen LogP contribution < -0.4 is 5.73 Å².